The molecule has 1 unspecified atom stereocenters. The van der Waals surface area contributed by atoms with Crippen LogP contribution in [0.1, 0.15) is 19.8 Å². The maximum Gasteiger partial charge on any atom is 0.222 e. The molecule has 0 aromatic carbocycles. The molecule has 0 radical (unpaired) electrons. The van der Waals surface area contributed by atoms with Gasteiger partial charge in [0, 0.05) is 13.1 Å². The Morgan fingerprint density at radius 2 is 2.15 bits per heavy atom. The molecule has 4 heteroatoms. The van der Waals surface area contributed by atoms with E-state index in [0.29, 0.717) is 5.84 Å². The van der Waals surface area contributed by atoms with Crippen LogP contribution < -0.4 is 0 Å². The number of amidine groups is 1. The maximum absolute atomic E-state index is 11.6. The molecule has 0 bridgehead atoms. The van der Waals surface area contributed by atoms with Crippen LogP contribution in [-0.4, -0.2) is 42.0 Å². The molecule has 0 saturated carbocycles. The van der Waals surface area contributed by atoms with E-state index in [9.17, 15) is 4.79 Å². The Labute approximate surface area is 77.4 Å². The van der Waals surface area contributed by atoms with Gasteiger partial charge in [-0.25, -0.2) is 4.99 Å². The van der Waals surface area contributed by atoms with E-state index >= 15 is 0 Å². The van der Waals surface area contributed by atoms with E-state index in [1.807, 2.05) is 6.92 Å². The first-order valence-corrected chi connectivity index (χ1v) is 4.67. The van der Waals surface area contributed by atoms with Gasteiger partial charge in [0.05, 0.1) is 0 Å². The van der Waals surface area contributed by atoms with Crippen molar-refractivity contribution in [1.29, 1.82) is 0 Å². The fourth-order valence-electron chi connectivity index (χ4n) is 1.67. The van der Waals surface area contributed by atoms with Gasteiger partial charge in [-0.1, -0.05) is 0 Å². The molecule has 70 valence electrons. The molecule has 0 aromatic rings. The van der Waals surface area contributed by atoms with Gasteiger partial charge in [-0.2, -0.15) is 0 Å². The predicted molar refractivity (Wildman–Crippen MR) is 51.2 cm³/mol. The van der Waals surface area contributed by atoms with Gasteiger partial charge in [-0.05, 0) is 19.8 Å². The third kappa shape index (κ3) is 1.48. The van der Waals surface area contributed by atoms with Crippen molar-refractivity contribution < 1.29 is 4.79 Å². The number of hydrogen-bond acceptors (Lipinski definition) is 4. The van der Waals surface area contributed by atoms with Gasteiger partial charge in [0.1, 0.15) is 12.4 Å². The number of aliphatic imine (C=N–C) groups is 2. The molecule has 2 rings (SSSR count). The highest BCUT2D eigenvalue weighted by Crippen LogP contribution is 2.11. The van der Waals surface area contributed by atoms with Crippen LogP contribution in [0, 0.1) is 0 Å². The zero-order valence-electron chi connectivity index (χ0n) is 7.73. The molecule has 0 aliphatic carbocycles. The van der Waals surface area contributed by atoms with Gasteiger partial charge in [0.2, 0.25) is 5.78 Å². The number of ketones is 1. The SMILES string of the molecule is CC1N=CN=C(N2CCCC2)C1=O. The predicted octanol–water partition coefficient (Wildman–Crippen LogP) is 0.480. The van der Waals surface area contributed by atoms with Gasteiger partial charge in [-0.15, -0.1) is 0 Å². The fourth-order valence-corrected chi connectivity index (χ4v) is 1.67. The molecule has 1 fully saturated rings. The van der Waals surface area contributed by atoms with Crippen LogP contribution in [0.15, 0.2) is 9.98 Å². The summed E-state index contributed by atoms with van der Waals surface area (Å²) < 4.78 is 0. The second kappa shape index (κ2) is 3.28. The van der Waals surface area contributed by atoms with Crippen molar-refractivity contribution in [2.75, 3.05) is 13.1 Å². The van der Waals surface area contributed by atoms with Crippen LogP contribution in [-0.2, 0) is 4.79 Å². The molecular weight excluding hydrogens is 166 g/mol. The first-order valence-electron chi connectivity index (χ1n) is 4.67. The van der Waals surface area contributed by atoms with E-state index in [1.54, 1.807) is 0 Å². The molecule has 4 nitrogen and oxygen atoms in total. The molecule has 0 N–H and O–H groups in total. The van der Waals surface area contributed by atoms with E-state index in [0.717, 1.165) is 25.9 Å². The minimum atomic E-state index is -0.243. The Morgan fingerprint density at radius 3 is 2.85 bits per heavy atom. The largest absolute Gasteiger partial charge is 0.354 e. The van der Waals surface area contributed by atoms with E-state index in [2.05, 4.69) is 14.9 Å². The molecule has 0 aromatic heterocycles. The third-order valence-corrected chi connectivity index (χ3v) is 2.48. The second-order valence-corrected chi connectivity index (χ2v) is 3.45. The minimum Gasteiger partial charge on any atom is -0.354 e. The van der Waals surface area contributed by atoms with Crippen molar-refractivity contribution in [3.05, 3.63) is 0 Å². The van der Waals surface area contributed by atoms with E-state index < -0.39 is 0 Å². The van der Waals surface area contributed by atoms with Crippen molar-refractivity contribution in [2.45, 2.75) is 25.8 Å². The highest BCUT2D eigenvalue weighted by Gasteiger charge is 2.27. The fraction of sp³-hybridized carbons (Fsp3) is 0.667. The number of carbonyl (C=O) groups is 1. The van der Waals surface area contributed by atoms with Crippen LogP contribution in [0.4, 0.5) is 0 Å². The summed E-state index contributed by atoms with van der Waals surface area (Å²) in [5.74, 6) is 0.671. The van der Waals surface area contributed by atoms with Gasteiger partial charge in [-0.3, -0.25) is 9.79 Å². The number of nitrogens with zero attached hydrogens (tertiary/aromatic N) is 3. The molecule has 0 spiro atoms. The first-order chi connectivity index (χ1) is 6.29. The lowest BCUT2D eigenvalue weighted by molar-refractivity contribution is -0.114. The molecule has 1 atom stereocenters. The summed E-state index contributed by atoms with van der Waals surface area (Å²) in [5.41, 5.74) is 0. The quantitative estimate of drug-likeness (QED) is 0.543. The average Bonchev–Trinajstić information content (AvgIpc) is 2.62. The number of hydrogen-bond donors (Lipinski definition) is 0. The van der Waals surface area contributed by atoms with Crippen LogP contribution in [0.2, 0.25) is 0 Å². The Balaban J connectivity index is 2.17. The third-order valence-electron chi connectivity index (χ3n) is 2.48. The van der Waals surface area contributed by atoms with Gasteiger partial charge < -0.3 is 4.90 Å². The van der Waals surface area contributed by atoms with Crippen molar-refractivity contribution in [3.8, 4) is 0 Å². The number of likely N-dealkylation sites (tertiary alicyclic amines) is 1. The Kier molecular flexibility index (Phi) is 2.12. The van der Waals surface area contributed by atoms with Crippen molar-refractivity contribution in [1.82, 2.24) is 4.90 Å². The highest BCUT2D eigenvalue weighted by molar-refractivity contribution is 6.42. The Bertz CT molecular complexity index is 277. The Morgan fingerprint density at radius 1 is 1.46 bits per heavy atom. The summed E-state index contributed by atoms with van der Waals surface area (Å²) in [4.78, 5) is 21.7. The van der Waals surface area contributed by atoms with Crippen molar-refractivity contribution in [3.63, 3.8) is 0 Å². The standard InChI is InChI=1S/C9H13N3O/c1-7-8(13)9(11-6-10-7)12-4-2-3-5-12/h6-7H,2-5H2,1H3. The molecular formula is C9H13N3O. The summed E-state index contributed by atoms with van der Waals surface area (Å²) in [5, 5.41) is 0. The van der Waals surface area contributed by atoms with E-state index in [-0.39, 0.29) is 11.8 Å². The molecule has 2 aliphatic heterocycles. The van der Waals surface area contributed by atoms with Crippen LogP contribution in [0.3, 0.4) is 0 Å². The zero-order chi connectivity index (χ0) is 9.26. The van der Waals surface area contributed by atoms with Crippen molar-refractivity contribution >= 4 is 18.0 Å². The number of rotatable bonds is 0. The van der Waals surface area contributed by atoms with Crippen LogP contribution in [0.5, 0.6) is 0 Å². The summed E-state index contributed by atoms with van der Waals surface area (Å²) >= 11 is 0. The molecule has 2 aliphatic rings. The van der Waals surface area contributed by atoms with Crippen LogP contribution in [0.25, 0.3) is 0 Å². The maximum atomic E-state index is 11.6. The monoisotopic (exact) mass is 179 g/mol. The lowest BCUT2D eigenvalue weighted by Gasteiger charge is -2.21. The van der Waals surface area contributed by atoms with Gasteiger partial charge >= 0.3 is 0 Å². The summed E-state index contributed by atoms with van der Waals surface area (Å²) in [6, 6.07) is -0.243. The summed E-state index contributed by atoms with van der Waals surface area (Å²) in [7, 11) is 0. The van der Waals surface area contributed by atoms with E-state index in [4.69, 9.17) is 0 Å². The zero-order valence-corrected chi connectivity index (χ0v) is 7.73. The summed E-state index contributed by atoms with van der Waals surface area (Å²) in [6.45, 7) is 3.74. The number of carbonyl (C=O) groups excluding carboxylic acids is 1. The second-order valence-electron chi connectivity index (χ2n) is 3.45. The highest BCUT2D eigenvalue weighted by atomic mass is 16.1. The molecule has 1 saturated heterocycles. The smallest absolute Gasteiger partial charge is 0.222 e. The minimum absolute atomic E-state index is 0.0596. The lowest BCUT2D eigenvalue weighted by Crippen LogP contribution is -2.40. The molecule has 0 amide bonds. The normalized spacial score (nSPS) is 28.1. The molecule has 13 heavy (non-hydrogen) atoms. The first kappa shape index (κ1) is 8.41. The number of Topliss-reactive ketones (excluding diaryl/α,β-unsaturated/α-hetero) is 1. The lowest BCUT2D eigenvalue weighted by atomic mass is 10.2. The van der Waals surface area contributed by atoms with Gasteiger partial charge in [0.25, 0.3) is 0 Å². The topological polar surface area (TPSA) is 45.0 Å². The average molecular weight is 179 g/mol. The Hall–Kier alpha value is -1.19. The van der Waals surface area contributed by atoms with Gasteiger partial charge in [0.15, 0.2) is 5.84 Å². The molecule has 2 heterocycles. The summed E-state index contributed by atoms with van der Waals surface area (Å²) in [6.07, 6.45) is 3.83. The van der Waals surface area contributed by atoms with E-state index in [1.165, 1.54) is 6.34 Å². The van der Waals surface area contributed by atoms with Crippen molar-refractivity contribution in [2.24, 2.45) is 9.98 Å². The van der Waals surface area contributed by atoms with Crippen LogP contribution >= 0.6 is 0 Å².